The first-order valence-electron chi connectivity index (χ1n) is 5.75. The molecule has 0 radical (unpaired) electrons. The highest BCUT2D eigenvalue weighted by Crippen LogP contribution is 2.29. The first kappa shape index (κ1) is 11.1. The Morgan fingerprint density at radius 2 is 2.17 bits per heavy atom. The molecule has 3 rings (SSSR count). The second-order valence-corrected chi connectivity index (χ2v) is 5.05. The van der Waals surface area contributed by atoms with Gasteiger partial charge >= 0.3 is 0 Å². The van der Waals surface area contributed by atoms with E-state index >= 15 is 0 Å². The Labute approximate surface area is 109 Å². The highest BCUT2D eigenvalue weighted by Gasteiger charge is 2.10. The molecular formula is C13H12N4S. The summed E-state index contributed by atoms with van der Waals surface area (Å²) in [6.07, 6.45) is 2.71. The van der Waals surface area contributed by atoms with E-state index in [0.717, 1.165) is 22.3 Å². The van der Waals surface area contributed by atoms with Gasteiger partial charge in [-0.15, -0.1) is 11.3 Å². The summed E-state index contributed by atoms with van der Waals surface area (Å²) in [7, 11) is 0. The van der Waals surface area contributed by atoms with Gasteiger partial charge in [-0.25, -0.2) is 9.97 Å². The minimum Gasteiger partial charge on any atom is -0.383 e. The van der Waals surface area contributed by atoms with Gasteiger partial charge < -0.3 is 5.73 Å². The van der Waals surface area contributed by atoms with Crippen LogP contribution in [0.5, 0.6) is 0 Å². The van der Waals surface area contributed by atoms with Gasteiger partial charge in [-0.2, -0.15) is 0 Å². The molecule has 0 aliphatic carbocycles. The monoisotopic (exact) mass is 256 g/mol. The smallest absolute Gasteiger partial charge is 0.181 e. The molecule has 90 valence electrons. The summed E-state index contributed by atoms with van der Waals surface area (Å²) in [5.74, 6) is 1.11. The third kappa shape index (κ3) is 1.82. The molecule has 0 aliphatic heterocycles. The number of fused-ring (bicyclic) bond motifs is 1. The van der Waals surface area contributed by atoms with Crippen LogP contribution in [0.3, 0.4) is 0 Å². The van der Waals surface area contributed by atoms with Gasteiger partial charge in [0.1, 0.15) is 16.3 Å². The van der Waals surface area contributed by atoms with Crippen molar-refractivity contribution < 1.29 is 0 Å². The van der Waals surface area contributed by atoms with Gasteiger partial charge in [0, 0.05) is 11.1 Å². The molecule has 4 nitrogen and oxygen atoms in total. The lowest BCUT2D eigenvalue weighted by atomic mass is 10.3. The summed E-state index contributed by atoms with van der Waals surface area (Å²) in [6, 6.07) is 7.73. The van der Waals surface area contributed by atoms with E-state index in [9.17, 15) is 0 Å². The molecule has 0 unspecified atom stereocenters. The standard InChI is InChI=1S/C13H12N4S/c1-2-8-7-9-11(14)16-12(17-13(9)18-8)10-5-3-4-6-15-10/h3-7H,2H2,1H3,(H2,14,16,17). The fourth-order valence-corrected chi connectivity index (χ4v) is 2.75. The van der Waals surface area contributed by atoms with Gasteiger partial charge in [0.15, 0.2) is 5.82 Å². The van der Waals surface area contributed by atoms with Crippen LogP contribution in [0.15, 0.2) is 30.5 Å². The summed E-state index contributed by atoms with van der Waals surface area (Å²) in [5, 5.41) is 0.941. The van der Waals surface area contributed by atoms with Gasteiger partial charge in [-0.1, -0.05) is 13.0 Å². The van der Waals surface area contributed by atoms with Crippen LogP contribution in [0.4, 0.5) is 5.82 Å². The van der Waals surface area contributed by atoms with E-state index in [1.807, 2.05) is 18.2 Å². The van der Waals surface area contributed by atoms with Crippen LogP contribution in [0, 0.1) is 0 Å². The average Bonchev–Trinajstić information content (AvgIpc) is 2.83. The molecule has 0 atom stereocenters. The van der Waals surface area contributed by atoms with E-state index in [4.69, 9.17) is 5.73 Å². The lowest BCUT2D eigenvalue weighted by Crippen LogP contribution is -1.96. The second kappa shape index (κ2) is 4.34. The van der Waals surface area contributed by atoms with Crippen LogP contribution in [0.2, 0.25) is 0 Å². The molecular weight excluding hydrogens is 244 g/mol. The summed E-state index contributed by atoms with van der Waals surface area (Å²) < 4.78 is 0. The first-order chi connectivity index (χ1) is 8.78. The van der Waals surface area contributed by atoms with Crippen molar-refractivity contribution in [1.29, 1.82) is 0 Å². The summed E-state index contributed by atoms with van der Waals surface area (Å²) >= 11 is 1.66. The van der Waals surface area contributed by atoms with E-state index in [2.05, 4.69) is 27.9 Å². The topological polar surface area (TPSA) is 64.7 Å². The van der Waals surface area contributed by atoms with Crippen molar-refractivity contribution in [2.45, 2.75) is 13.3 Å². The minimum absolute atomic E-state index is 0.525. The van der Waals surface area contributed by atoms with Crippen molar-refractivity contribution in [3.05, 3.63) is 35.3 Å². The molecule has 0 amide bonds. The molecule has 0 saturated carbocycles. The Morgan fingerprint density at radius 1 is 1.28 bits per heavy atom. The maximum absolute atomic E-state index is 5.99. The average molecular weight is 256 g/mol. The number of thiophene rings is 1. The zero-order valence-electron chi connectivity index (χ0n) is 9.92. The molecule has 3 heterocycles. The highest BCUT2D eigenvalue weighted by atomic mass is 32.1. The Bertz CT molecular complexity index is 691. The van der Waals surface area contributed by atoms with Crippen molar-refractivity contribution in [2.24, 2.45) is 0 Å². The number of rotatable bonds is 2. The molecule has 0 aliphatic rings. The predicted molar refractivity (Wildman–Crippen MR) is 74.4 cm³/mol. The minimum atomic E-state index is 0.525. The van der Waals surface area contributed by atoms with Crippen LogP contribution in [-0.4, -0.2) is 15.0 Å². The maximum Gasteiger partial charge on any atom is 0.181 e. The van der Waals surface area contributed by atoms with E-state index < -0.39 is 0 Å². The molecule has 0 aromatic carbocycles. The van der Waals surface area contributed by atoms with Gasteiger partial charge in [0.05, 0.1) is 5.39 Å². The maximum atomic E-state index is 5.99. The SMILES string of the molecule is CCc1cc2c(N)nc(-c3ccccn3)nc2s1. The normalized spacial score (nSPS) is 10.9. The first-order valence-corrected chi connectivity index (χ1v) is 6.57. The Hall–Kier alpha value is -2.01. The van der Waals surface area contributed by atoms with Crippen LogP contribution in [0.1, 0.15) is 11.8 Å². The van der Waals surface area contributed by atoms with Gasteiger partial charge in [0.25, 0.3) is 0 Å². The third-order valence-corrected chi connectivity index (χ3v) is 3.89. The number of hydrogen-bond donors (Lipinski definition) is 1. The number of nitrogen functional groups attached to an aromatic ring is 1. The van der Waals surface area contributed by atoms with Crippen molar-refractivity contribution in [1.82, 2.24) is 15.0 Å². The molecule has 0 spiro atoms. The van der Waals surface area contributed by atoms with E-state index in [1.165, 1.54) is 4.88 Å². The molecule has 0 bridgehead atoms. The molecule has 3 aromatic heterocycles. The molecule has 0 fully saturated rings. The number of pyridine rings is 1. The van der Waals surface area contributed by atoms with Crippen LogP contribution in [-0.2, 0) is 6.42 Å². The Morgan fingerprint density at radius 3 is 2.89 bits per heavy atom. The fourth-order valence-electron chi connectivity index (χ4n) is 1.78. The molecule has 3 aromatic rings. The number of anilines is 1. The van der Waals surface area contributed by atoms with E-state index in [1.54, 1.807) is 17.5 Å². The second-order valence-electron chi connectivity index (χ2n) is 3.93. The van der Waals surface area contributed by atoms with Crippen LogP contribution >= 0.6 is 11.3 Å². The van der Waals surface area contributed by atoms with Crippen molar-refractivity contribution in [3.8, 4) is 11.5 Å². The Balaban J connectivity index is 2.21. The number of nitrogens with two attached hydrogens (primary N) is 1. The van der Waals surface area contributed by atoms with Crippen molar-refractivity contribution >= 4 is 27.4 Å². The van der Waals surface area contributed by atoms with Gasteiger partial charge in [-0.3, -0.25) is 4.98 Å². The lowest BCUT2D eigenvalue weighted by Gasteiger charge is -2.01. The zero-order valence-corrected chi connectivity index (χ0v) is 10.7. The zero-order chi connectivity index (χ0) is 12.5. The molecule has 2 N–H and O–H groups in total. The number of aromatic nitrogens is 3. The third-order valence-electron chi connectivity index (χ3n) is 2.72. The quantitative estimate of drug-likeness (QED) is 0.765. The van der Waals surface area contributed by atoms with E-state index in [-0.39, 0.29) is 0 Å². The van der Waals surface area contributed by atoms with Gasteiger partial charge in [-0.05, 0) is 24.6 Å². The predicted octanol–water partition coefficient (Wildman–Crippen LogP) is 2.90. The van der Waals surface area contributed by atoms with Crippen LogP contribution in [0.25, 0.3) is 21.7 Å². The highest BCUT2D eigenvalue weighted by molar-refractivity contribution is 7.18. The number of aryl methyl sites for hydroxylation is 1. The number of nitrogens with zero attached hydrogens (tertiary/aromatic N) is 3. The van der Waals surface area contributed by atoms with Gasteiger partial charge in [0.2, 0.25) is 0 Å². The van der Waals surface area contributed by atoms with E-state index in [0.29, 0.717) is 11.6 Å². The summed E-state index contributed by atoms with van der Waals surface area (Å²) in [6.45, 7) is 2.12. The fraction of sp³-hybridized carbons (Fsp3) is 0.154. The molecule has 18 heavy (non-hydrogen) atoms. The summed E-state index contributed by atoms with van der Waals surface area (Å²) in [4.78, 5) is 15.3. The van der Waals surface area contributed by atoms with Crippen molar-refractivity contribution in [2.75, 3.05) is 5.73 Å². The lowest BCUT2D eigenvalue weighted by molar-refractivity contribution is 1.18. The Kier molecular flexibility index (Phi) is 2.68. The number of hydrogen-bond acceptors (Lipinski definition) is 5. The van der Waals surface area contributed by atoms with Crippen molar-refractivity contribution in [3.63, 3.8) is 0 Å². The largest absolute Gasteiger partial charge is 0.383 e. The molecule has 5 heteroatoms. The molecule has 0 saturated heterocycles. The summed E-state index contributed by atoms with van der Waals surface area (Å²) in [5.41, 5.74) is 6.74. The van der Waals surface area contributed by atoms with Crippen LogP contribution < -0.4 is 5.73 Å².